The zero-order valence-corrected chi connectivity index (χ0v) is 9.34. The molecule has 1 aromatic rings. The molecule has 0 aromatic heterocycles. The second-order valence-electron chi connectivity index (χ2n) is 3.11. The minimum Gasteiger partial charge on any atom is -0.478 e. The second-order valence-corrected chi connectivity index (χ2v) is 3.11. The predicted molar refractivity (Wildman–Crippen MR) is 60.6 cm³/mol. The maximum Gasteiger partial charge on any atom is 0.335 e. The van der Waals surface area contributed by atoms with Gasteiger partial charge >= 0.3 is 5.97 Å². The molecule has 0 unspecified atom stereocenters. The van der Waals surface area contributed by atoms with Gasteiger partial charge in [-0.3, -0.25) is 10.1 Å². The first kappa shape index (κ1) is 14.1. The fourth-order valence-corrected chi connectivity index (χ4v) is 0.753. The highest BCUT2D eigenvalue weighted by Gasteiger charge is 2.09. The molecule has 88 valence electrons. The quantitative estimate of drug-likeness (QED) is 0.633. The Hall–Kier alpha value is -1.91. The highest BCUT2D eigenvalue weighted by Crippen LogP contribution is 2.12. The summed E-state index contributed by atoms with van der Waals surface area (Å²) in [6.07, 6.45) is 2.64. The van der Waals surface area contributed by atoms with Crippen LogP contribution < -0.4 is 0 Å². The summed E-state index contributed by atoms with van der Waals surface area (Å²) in [5.74, 6) is -1.17. The van der Waals surface area contributed by atoms with E-state index in [2.05, 4.69) is 13.8 Å². The third-order valence-electron chi connectivity index (χ3n) is 1.80. The van der Waals surface area contributed by atoms with Crippen molar-refractivity contribution in [2.45, 2.75) is 26.7 Å². The minimum atomic E-state index is -1.17. The summed E-state index contributed by atoms with van der Waals surface area (Å²) in [6.45, 7) is 4.36. The van der Waals surface area contributed by atoms with Crippen molar-refractivity contribution in [2.75, 3.05) is 0 Å². The van der Waals surface area contributed by atoms with E-state index >= 15 is 0 Å². The summed E-state index contributed by atoms with van der Waals surface area (Å²) in [4.78, 5) is 19.9. The maximum atomic E-state index is 10.4. The Labute approximate surface area is 93.9 Å². The largest absolute Gasteiger partial charge is 0.478 e. The molecule has 16 heavy (non-hydrogen) atoms. The van der Waals surface area contributed by atoms with Crippen LogP contribution in [0.1, 0.15) is 37.0 Å². The molecule has 5 nitrogen and oxygen atoms in total. The van der Waals surface area contributed by atoms with Crippen LogP contribution in [0.2, 0.25) is 0 Å². The van der Waals surface area contributed by atoms with Gasteiger partial charge in [0.25, 0.3) is 5.69 Å². The number of carboxylic acids is 1. The number of carbonyl (C=O) groups is 1. The molecule has 0 saturated heterocycles. The zero-order valence-electron chi connectivity index (χ0n) is 9.34. The SMILES string of the molecule is CCCC.O=C(O)c1cccc([N+](=O)[O-])c1. The predicted octanol–water partition coefficient (Wildman–Crippen LogP) is 3.10. The van der Waals surface area contributed by atoms with Gasteiger partial charge in [-0.05, 0) is 6.07 Å². The molecule has 0 aliphatic carbocycles. The van der Waals surface area contributed by atoms with E-state index in [0.717, 1.165) is 6.07 Å². The van der Waals surface area contributed by atoms with Crippen molar-refractivity contribution in [3.8, 4) is 0 Å². The Balaban J connectivity index is 0.000000487. The van der Waals surface area contributed by atoms with E-state index in [1.54, 1.807) is 0 Å². The lowest BCUT2D eigenvalue weighted by Gasteiger charge is -1.92. The molecular weight excluding hydrogens is 210 g/mol. The number of nitrogens with zero attached hydrogens (tertiary/aromatic N) is 1. The number of unbranched alkanes of at least 4 members (excludes halogenated alkanes) is 1. The molecule has 0 fully saturated rings. The Bertz CT molecular complexity index is 332. The molecule has 1 aromatic carbocycles. The van der Waals surface area contributed by atoms with Gasteiger partial charge in [0, 0.05) is 12.1 Å². The summed E-state index contributed by atoms with van der Waals surface area (Å²) in [5, 5.41) is 18.7. The third kappa shape index (κ3) is 5.09. The first-order chi connectivity index (χ1) is 7.52. The van der Waals surface area contributed by atoms with Gasteiger partial charge in [-0.2, -0.15) is 0 Å². The second kappa shape index (κ2) is 7.39. The molecule has 0 aliphatic heterocycles. The van der Waals surface area contributed by atoms with Crippen LogP contribution in [0.4, 0.5) is 5.69 Å². The van der Waals surface area contributed by atoms with E-state index in [9.17, 15) is 14.9 Å². The molecule has 0 bridgehead atoms. The van der Waals surface area contributed by atoms with Gasteiger partial charge < -0.3 is 5.11 Å². The van der Waals surface area contributed by atoms with Crippen LogP contribution in [0.25, 0.3) is 0 Å². The van der Waals surface area contributed by atoms with Gasteiger partial charge in [-0.1, -0.05) is 32.8 Å². The number of rotatable bonds is 3. The van der Waals surface area contributed by atoms with Gasteiger partial charge in [0.1, 0.15) is 0 Å². The van der Waals surface area contributed by atoms with Crippen molar-refractivity contribution in [3.05, 3.63) is 39.9 Å². The summed E-state index contributed by atoms with van der Waals surface area (Å²) in [6, 6.07) is 4.89. The van der Waals surface area contributed by atoms with Crippen molar-refractivity contribution in [1.82, 2.24) is 0 Å². The lowest BCUT2D eigenvalue weighted by atomic mass is 10.2. The van der Waals surface area contributed by atoms with Crippen molar-refractivity contribution in [3.63, 3.8) is 0 Å². The van der Waals surface area contributed by atoms with Crippen molar-refractivity contribution in [2.24, 2.45) is 0 Å². The van der Waals surface area contributed by atoms with E-state index in [1.807, 2.05) is 0 Å². The van der Waals surface area contributed by atoms with Gasteiger partial charge in [0.2, 0.25) is 0 Å². The summed E-state index contributed by atoms with van der Waals surface area (Å²) < 4.78 is 0. The first-order valence-electron chi connectivity index (χ1n) is 5.00. The number of non-ortho nitro benzene ring substituents is 1. The monoisotopic (exact) mass is 225 g/mol. The minimum absolute atomic E-state index is 0.0794. The average Bonchev–Trinajstić information content (AvgIpc) is 2.29. The Kier molecular flexibility index (Phi) is 6.51. The van der Waals surface area contributed by atoms with Crippen molar-refractivity contribution in [1.29, 1.82) is 0 Å². The van der Waals surface area contributed by atoms with Gasteiger partial charge in [0.15, 0.2) is 0 Å². The van der Waals surface area contributed by atoms with Crippen molar-refractivity contribution < 1.29 is 14.8 Å². The fraction of sp³-hybridized carbons (Fsp3) is 0.364. The molecular formula is C11H15NO4. The molecule has 5 heteroatoms. The van der Waals surface area contributed by atoms with Crippen LogP contribution in [0.3, 0.4) is 0 Å². The Morgan fingerprint density at radius 3 is 2.31 bits per heavy atom. The van der Waals surface area contributed by atoms with Gasteiger partial charge in [0.05, 0.1) is 10.5 Å². The number of hydrogen-bond donors (Lipinski definition) is 1. The number of aromatic carboxylic acids is 1. The molecule has 0 heterocycles. The third-order valence-corrected chi connectivity index (χ3v) is 1.80. The molecule has 0 radical (unpaired) electrons. The molecule has 0 atom stereocenters. The van der Waals surface area contributed by atoms with Gasteiger partial charge in [-0.15, -0.1) is 0 Å². The smallest absolute Gasteiger partial charge is 0.335 e. The topological polar surface area (TPSA) is 80.4 Å². The fourth-order valence-electron chi connectivity index (χ4n) is 0.753. The lowest BCUT2D eigenvalue weighted by Crippen LogP contribution is -1.97. The van der Waals surface area contributed by atoms with Crippen LogP contribution in [-0.2, 0) is 0 Å². The Morgan fingerprint density at radius 1 is 1.38 bits per heavy atom. The van der Waals surface area contributed by atoms with Crippen LogP contribution in [0.5, 0.6) is 0 Å². The number of benzene rings is 1. The average molecular weight is 225 g/mol. The summed E-state index contributed by atoms with van der Waals surface area (Å²) in [5.41, 5.74) is -0.292. The number of carboxylic acid groups (broad SMARTS) is 1. The van der Waals surface area contributed by atoms with Crippen LogP contribution in [0, 0.1) is 10.1 Å². The van der Waals surface area contributed by atoms with Crippen LogP contribution in [0.15, 0.2) is 24.3 Å². The normalized spacial score (nSPS) is 8.88. The molecule has 0 amide bonds. The highest BCUT2D eigenvalue weighted by atomic mass is 16.6. The number of hydrogen-bond acceptors (Lipinski definition) is 3. The number of nitro groups is 1. The summed E-state index contributed by atoms with van der Waals surface area (Å²) >= 11 is 0. The van der Waals surface area contributed by atoms with E-state index < -0.39 is 10.9 Å². The van der Waals surface area contributed by atoms with Crippen LogP contribution >= 0.6 is 0 Å². The lowest BCUT2D eigenvalue weighted by molar-refractivity contribution is -0.384. The highest BCUT2D eigenvalue weighted by molar-refractivity contribution is 5.88. The first-order valence-corrected chi connectivity index (χ1v) is 5.00. The summed E-state index contributed by atoms with van der Waals surface area (Å²) in [7, 11) is 0. The van der Waals surface area contributed by atoms with E-state index in [0.29, 0.717) is 0 Å². The van der Waals surface area contributed by atoms with Gasteiger partial charge in [-0.25, -0.2) is 4.79 Å². The standard InChI is InChI=1S/C7H5NO4.C4H10/c9-7(10)5-2-1-3-6(4-5)8(11)12;1-3-4-2/h1-4H,(H,9,10);3-4H2,1-2H3. The van der Waals surface area contributed by atoms with Crippen molar-refractivity contribution >= 4 is 11.7 Å². The molecule has 0 aliphatic rings. The number of nitro benzene ring substituents is 1. The maximum absolute atomic E-state index is 10.4. The Morgan fingerprint density at radius 2 is 1.94 bits per heavy atom. The van der Waals surface area contributed by atoms with Crippen LogP contribution in [-0.4, -0.2) is 16.0 Å². The zero-order chi connectivity index (χ0) is 12.6. The van der Waals surface area contributed by atoms with E-state index in [1.165, 1.54) is 31.0 Å². The van der Waals surface area contributed by atoms with E-state index in [-0.39, 0.29) is 11.3 Å². The molecule has 1 rings (SSSR count). The molecule has 1 N–H and O–H groups in total. The molecule has 0 saturated carbocycles. The molecule has 0 spiro atoms. The van der Waals surface area contributed by atoms with E-state index in [4.69, 9.17) is 5.11 Å².